The van der Waals surface area contributed by atoms with Crippen LogP contribution >= 0.6 is 0 Å². The maximum atomic E-state index is 12.3. The summed E-state index contributed by atoms with van der Waals surface area (Å²) in [5, 5.41) is 0. The van der Waals surface area contributed by atoms with Crippen LogP contribution in [0, 0.1) is 5.92 Å². The van der Waals surface area contributed by atoms with Crippen LogP contribution in [0.5, 0.6) is 0 Å². The molecule has 0 atom stereocenters. The summed E-state index contributed by atoms with van der Waals surface area (Å²) < 4.78 is 5.36. The maximum Gasteiger partial charge on any atom is 0.222 e. The zero-order chi connectivity index (χ0) is 14.9. The first-order valence-corrected chi connectivity index (χ1v) is 8.04. The zero-order valence-corrected chi connectivity index (χ0v) is 13.0. The second-order valence-electron chi connectivity index (χ2n) is 5.67. The first-order chi connectivity index (χ1) is 10.3. The highest BCUT2D eigenvalue weighted by atomic mass is 16.5. The Morgan fingerprint density at radius 1 is 1.33 bits per heavy atom. The van der Waals surface area contributed by atoms with Crippen LogP contribution in [-0.4, -0.2) is 42.1 Å². The number of ether oxygens (including phenoxy) is 1. The highest BCUT2D eigenvalue weighted by molar-refractivity contribution is 5.76. The summed E-state index contributed by atoms with van der Waals surface area (Å²) in [5.74, 6) is 0.958. The fourth-order valence-electron chi connectivity index (χ4n) is 2.79. The zero-order valence-electron chi connectivity index (χ0n) is 13.0. The molecule has 0 aliphatic carbocycles. The van der Waals surface area contributed by atoms with E-state index in [1.807, 2.05) is 17.0 Å². The van der Waals surface area contributed by atoms with E-state index in [1.54, 1.807) is 12.4 Å². The number of carbonyl (C=O) groups is 1. The third-order valence-electron chi connectivity index (χ3n) is 4.26. The van der Waals surface area contributed by atoms with Gasteiger partial charge in [0.2, 0.25) is 5.91 Å². The number of rotatable bonds is 7. The number of amides is 1. The summed E-state index contributed by atoms with van der Waals surface area (Å²) in [5.41, 5.74) is 1.24. The Morgan fingerprint density at radius 2 is 2.05 bits per heavy atom. The highest BCUT2D eigenvalue weighted by Crippen LogP contribution is 2.20. The van der Waals surface area contributed by atoms with E-state index in [0.717, 1.165) is 52.0 Å². The van der Waals surface area contributed by atoms with E-state index < -0.39 is 0 Å². The minimum Gasteiger partial charge on any atom is -0.381 e. The van der Waals surface area contributed by atoms with Crippen LogP contribution in [-0.2, 0) is 16.0 Å². The maximum absolute atomic E-state index is 12.3. The van der Waals surface area contributed by atoms with Gasteiger partial charge in [0, 0.05) is 45.1 Å². The van der Waals surface area contributed by atoms with Crippen molar-refractivity contribution in [3.05, 3.63) is 30.1 Å². The lowest BCUT2D eigenvalue weighted by Gasteiger charge is -2.24. The predicted molar refractivity (Wildman–Crippen MR) is 83.0 cm³/mol. The monoisotopic (exact) mass is 290 g/mol. The molecule has 1 fully saturated rings. The first-order valence-electron chi connectivity index (χ1n) is 8.04. The lowest BCUT2D eigenvalue weighted by molar-refractivity contribution is -0.131. The van der Waals surface area contributed by atoms with Gasteiger partial charge in [-0.05, 0) is 56.2 Å². The molecule has 1 amide bonds. The van der Waals surface area contributed by atoms with E-state index in [0.29, 0.717) is 12.3 Å². The van der Waals surface area contributed by atoms with Gasteiger partial charge in [0.25, 0.3) is 0 Å². The Morgan fingerprint density at radius 3 is 2.71 bits per heavy atom. The van der Waals surface area contributed by atoms with Gasteiger partial charge in [-0.3, -0.25) is 9.78 Å². The van der Waals surface area contributed by atoms with Crippen molar-refractivity contribution in [2.24, 2.45) is 5.92 Å². The third kappa shape index (κ3) is 5.46. The number of hydrogen-bond donors (Lipinski definition) is 0. The van der Waals surface area contributed by atoms with Gasteiger partial charge in [-0.1, -0.05) is 0 Å². The van der Waals surface area contributed by atoms with Crippen molar-refractivity contribution in [3.8, 4) is 0 Å². The van der Waals surface area contributed by atoms with E-state index in [4.69, 9.17) is 4.74 Å². The van der Waals surface area contributed by atoms with Gasteiger partial charge < -0.3 is 9.64 Å². The molecule has 0 bridgehead atoms. The van der Waals surface area contributed by atoms with Gasteiger partial charge >= 0.3 is 0 Å². The van der Waals surface area contributed by atoms with Gasteiger partial charge in [-0.25, -0.2) is 0 Å². The highest BCUT2D eigenvalue weighted by Gasteiger charge is 2.17. The molecule has 0 radical (unpaired) electrons. The largest absolute Gasteiger partial charge is 0.381 e. The van der Waals surface area contributed by atoms with Crippen molar-refractivity contribution < 1.29 is 9.53 Å². The lowest BCUT2D eigenvalue weighted by Crippen LogP contribution is -2.33. The van der Waals surface area contributed by atoms with Crippen molar-refractivity contribution in [2.45, 2.75) is 39.0 Å². The summed E-state index contributed by atoms with van der Waals surface area (Å²) in [6, 6.07) is 4.03. The summed E-state index contributed by atoms with van der Waals surface area (Å²) >= 11 is 0. The van der Waals surface area contributed by atoms with Crippen LogP contribution in [0.2, 0.25) is 0 Å². The van der Waals surface area contributed by atoms with Gasteiger partial charge in [-0.2, -0.15) is 0 Å². The molecule has 1 aliphatic heterocycles. The second kappa shape index (κ2) is 8.78. The van der Waals surface area contributed by atoms with Crippen LogP contribution in [0.4, 0.5) is 0 Å². The van der Waals surface area contributed by atoms with Crippen LogP contribution in [0.3, 0.4) is 0 Å². The Kier molecular flexibility index (Phi) is 6.67. The Balaban J connectivity index is 1.73. The van der Waals surface area contributed by atoms with Crippen molar-refractivity contribution in [1.82, 2.24) is 9.88 Å². The van der Waals surface area contributed by atoms with Crippen molar-refractivity contribution >= 4 is 5.91 Å². The van der Waals surface area contributed by atoms with Crippen molar-refractivity contribution in [2.75, 3.05) is 26.3 Å². The molecule has 21 heavy (non-hydrogen) atoms. The minimum atomic E-state index is 0.290. The topological polar surface area (TPSA) is 42.4 Å². The SMILES string of the molecule is CCN(CCc1ccncc1)C(=O)CCC1CCOCC1. The summed E-state index contributed by atoms with van der Waals surface area (Å²) in [4.78, 5) is 18.3. The van der Waals surface area contributed by atoms with E-state index in [9.17, 15) is 4.79 Å². The number of nitrogens with zero attached hydrogens (tertiary/aromatic N) is 2. The summed E-state index contributed by atoms with van der Waals surface area (Å²) in [6.07, 6.45) is 8.41. The number of aromatic nitrogens is 1. The van der Waals surface area contributed by atoms with E-state index in [2.05, 4.69) is 11.9 Å². The number of pyridine rings is 1. The quantitative estimate of drug-likeness (QED) is 0.775. The molecular weight excluding hydrogens is 264 g/mol. The molecule has 0 aromatic carbocycles. The second-order valence-corrected chi connectivity index (χ2v) is 5.67. The van der Waals surface area contributed by atoms with Gasteiger partial charge in [0.1, 0.15) is 0 Å². The number of likely N-dealkylation sites (N-methyl/N-ethyl adjacent to an activating group) is 1. The van der Waals surface area contributed by atoms with Gasteiger partial charge in [-0.15, -0.1) is 0 Å². The molecule has 2 heterocycles. The molecule has 4 heteroatoms. The molecule has 0 unspecified atom stereocenters. The fourth-order valence-corrected chi connectivity index (χ4v) is 2.79. The van der Waals surface area contributed by atoms with Crippen molar-refractivity contribution in [1.29, 1.82) is 0 Å². The Hall–Kier alpha value is -1.42. The van der Waals surface area contributed by atoms with Crippen LogP contribution in [0.1, 0.15) is 38.2 Å². The van der Waals surface area contributed by atoms with Crippen LogP contribution in [0.15, 0.2) is 24.5 Å². The van der Waals surface area contributed by atoms with Gasteiger partial charge in [0.15, 0.2) is 0 Å². The molecule has 1 saturated heterocycles. The van der Waals surface area contributed by atoms with E-state index >= 15 is 0 Å². The Labute approximate surface area is 127 Å². The first kappa shape index (κ1) is 16.0. The van der Waals surface area contributed by atoms with Gasteiger partial charge in [0.05, 0.1) is 0 Å². The normalized spacial score (nSPS) is 15.9. The molecule has 0 N–H and O–H groups in total. The molecule has 4 nitrogen and oxygen atoms in total. The number of carbonyl (C=O) groups excluding carboxylic acids is 1. The standard InChI is InChI=1S/C17H26N2O2/c1-2-19(12-7-16-5-10-18-11-6-16)17(20)4-3-15-8-13-21-14-9-15/h5-6,10-11,15H,2-4,7-9,12-14H2,1H3. The smallest absolute Gasteiger partial charge is 0.222 e. The van der Waals surface area contributed by atoms with E-state index in [-0.39, 0.29) is 5.91 Å². The van der Waals surface area contributed by atoms with Crippen LogP contribution in [0.25, 0.3) is 0 Å². The minimum absolute atomic E-state index is 0.290. The lowest BCUT2D eigenvalue weighted by atomic mass is 9.94. The molecule has 0 spiro atoms. The molecule has 1 aromatic heterocycles. The molecule has 2 rings (SSSR count). The molecule has 1 aromatic rings. The Bertz CT molecular complexity index is 416. The average Bonchev–Trinajstić information content (AvgIpc) is 2.55. The molecule has 0 saturated carbocycles. The van der Waals surface area contributed by atoms with Crippen LogP contribution < -0.4 is 0 Å². The fraction of sp³-hybridized carbons (Fsp3) is 0.647. The van der Waals surface area contributed by atoms with E-state index in [1.165, 1.54) is 5.56 Å². The van der Waals surface area contributed by atoms with Crippen molar-refractivity contribution in [3.63, 3.8) is 0 Å². The summed E-state index contributed by atoms with van der Waals surface area (Å²) in [7, 11) is 0. The molecule has 1 aliphatic rings. The number of hydrogen-bond acceptors (Lipinski definition) is 3. The summed E-state index contributed by atoms with van der Waals surface area (Å²) in [6.45, 7) is 5.36. The predicted octanol–water partition coefficient (Wildman–Crippen LogP) is 2.68. The molecule has 116 valence electrons. The average molecular weight is 290 g/mol. The molecular formula is C17H26N2O2. The third-order valence-corrected chi connectivity index (χ3v) is 4.26.